The average Bonchev–Trinajstić information content (AvgIpc) is 2.98. The van der Waals surface area contributed by atoms with Gasteiger partial charge in [-0.25, -0.2) is 18.9 Å². The molecule has 1 aliphatic heterocycles. The van der Waals surface area contributed by atoms with Crippen molar-refractivity contribution in [2.75, 3.05) is 57.8 Å². The average molecular weight is 609 g/mol. The van der Waals surface area contributed by atoms with E-state index in [1.807, 2.05) is 0 Å². The lowest BCUT2D eigenvalue weighted by atomic mass is 10.1. The monoisotopic (exact) mass is 608 g/mol. The summed E-state index contributed by atoms with van der Waals surface area (Å²) in [5.74, 6) is 0.0237. The van der Waals surface area contributed by atoms with Crippen molar-refractivity contribution in [3.8, 4) is 23.0 Å². The SMILES string of the molecule is COc1cc(Nc2ncc(F)c(Nc3ccc4c(n3)N(COP(=O)(OC)OC)C(=O)C(C)(C)O4)n2)cc(OC)c1OC. The van der Waals surface area contributed by atoms with Gasteiger partial charge in [-0.05, 0) is 26.0 Å². The van der Waals surface area contributed by atoms with Crippen LogP contribution >= 0.6 is 7.82 Å². The fraction of sp³-hybridized carbons (Fsp3) is 0.360. The molecule has 0 atom stereocenters. The van der Waals surface area contributed by atoms with Crippen molar-refractivity contribution in [3.05, 3.63) is 36.3 Å². The number of halogens is 1. The molecule has 0 bridgehead atoms. The predicted octanol–water partition coefficient (Wildman–Crippen LogP) is 4.40. The molecule has 0 saturated carbocycles. The second-order valence-electron chi connectivity index (χ2n) is 8.99. The zero-order chi connectivity index (χ0) is 30.7. The Morgan fingerprint density at radius 2 is 1.67 bits per heavy atom. The van der Waals surface area contributed by atoms with Crippen LogP contribution in [0.15, 0.2) is 30.5 Å². The van der Waals surface area contributed by atoms with Gasteiger partial charge in [0.2, 0.25) is 11.7 Å². The molecule has 2 aromatic heterocycles. The number of hydrogen-bond acceptors (Lipinski definition) is 14. The molecule has 42 heavy (non-hydrogen) atoms. The molecule has 0 radical (unpaired) electrons. The molecule has 0 fully saturated rings. The Kier molecular flexibility index (Phi) is 9.01. The Balaban J connectivity index is 1.62. The Bertz CT molecular complexity index is 1490. The lowest BCUT2D eigenvalue weighted by molar-refractivity contribution is -0.133. The highest BCUT2D eigenvalue weighted by Gasteiger charge is 2.43. The van der Waals surface area contributed by atoms with Gasteiger partial charge in [0.25, 0.3) is 5.91 Å². The number of fused-ring (bicyclic) bond motifs is 1. The van der Waals surface area contributed by atoms with Crippen molar-refractivity contribution < 1.29 is 46.3 Å². The summed E-state index contributed by atoms with van der Waals surface area (Å²) in [4.78, 5) is 26.9. The normalized spacial score (nSPS) is 14.1. The van der Waals surface area contributed by atoms with Gasteiger partial charge in [-0.2, -0.15) is 4.98 Å². The van der Waals surface area contributed by atoms with Gasteiger partial charge in [0.05, 0.1) is 27.5 Å². The standard InChI is InChI=1S/C25H30FN6O9P/c1-25(2)23(33)32(13-40-42(34,38-6)39-7)22-16(41-25)8-9-19(30-22)29-21-15(26)12-27-24(31-21)28-14-10-17(35-3)20(37-5)18(11-14)36-4/h8-12H,13H2,1-7H3,(H2,27,28,29,30,31). The summed E-state index contributed by atoms with van der Waals surface area (Å²) in [6, 6.07) is 6.31. The third-order valence-electron chi connectivity index (χ3n) is 5.92. The van der Waals surface area contributed by atoms with E-state index in [9.17, 15) is 13.8 Å². The number of phosphoric acid groups is 1. The minimum atomic E-state index is -3.93. The first-order valence-corrected chi connectivity index (χ1v) is 13.7. The van der Waals surface area contributed by atoms with E-state index >= 15 is 0 Å². The van der Waals surface area contributed by atoms with Gasteiger partial charge in [-0.1, -0.05) is 0 Å². The molecule has 17 heteroatoms. The van der Waals surface area contributed by atoms with Crippen molar-refractivity contribution in [3.63, 3.8) is 0 Å². The molecule has 3 heterocycles. The van der Waals surface area contributed by atoms with Crippen molar-refractivity contribution in [1.82, 2.24) is 15.0 Å². The minimum Gasteiger partial charge on any atom is -0.493 e. The molecule has 1 amide bonds. The van der Waals surface area contributed by atoms with E-state index in [1.54, 1.807) is 26.0 Å². The summed E-state index contributed by atoms with van der Waals surface area (Å²) in [6.45, 7) is 2.59. The maximum absolute atomic E-state index is 14.8. The van der Waals surface area contributed by atoms with Gasteiger partial charge < -0.3 is 29.6 Å². The van der Waals surface area contributed by atoms with E-state index in [2.05, 4.69) is 25.6 Å². The molecule has 1 aliphatic rings. The topological polar surface area (TPSA) is 165 Å². The molecule has 0 aliphatic carbocycles. The number of ether oxygens (including phenoxy) is 4. The summed E-state index contributed by atoms with van der Waals surface area (Å²) in [5, 5.41) is 5.74. The molecule has 1 aromatic carbocycles. The number of anilines is 5. The van der Waals surface area contributed by atoms with Crippen LogP contribution in [0, 0.1) is 5.82 Å². The van der Waals surface area contributed by atoms with Crippen LogP contribution in [-0.2, 0) is 22.9 Å². The first-order chi connectivity index (χ1) is 20.0. The third kappa shape index (κ3) is 6.31. The van der Waals surface area contributed by atoms with Crippen LogP contribution in [0.2, 0.25) is 0 Å². The molecule has 4 rings (SSSR count). The van der Waals surface area contributed by atoms with E-state index in [4.69, 9.17) is 32.5 Å². The van der Waals surface area contributed by atoms with E-state index in [0.29, 0.717) is 22.9 Å². The molecule has 3 aromatic rings. The van der Waals surface area contributed by atoms with E-state index < -0.39 is 31.9 Å². The Morgan fingerprint density at radius 3 is 2.26 bits per heavy atom. The number of nitrogens with zero attached hydrogens (tertiary/aromatic N) is 4. The van der Waals surface area contributed by atoms with Crippen molar-refractivity contribution in [1.29, 1.82) is 0 Å². The first kappa shape index (κ1) is 30.7. The molecule has 0 unspecified atom stereocenters. The number of phosphoric ester groups is 1. The number of pyridine rings is 1. The zero-order valence-corrected chi connectivity index (χ0v) is 24.8. The summed E-state index contributed by atoms with van der Waals surface area (Å²) in [5.41, 5.74) is -0.809. The van der Waals surface area contributed by atoms with Crippen LogP contribution in [0.1, 0.15) is 13.8 Å². The molecule has 0 spiro atoms. The number of carbonyl (C=O) groups is 1. The number of carbonyl (C=O) groups excluding carboxylic acids is 1. The number of aromatic nitrogens is 3. The van der Waals surface area contributed by atoms with E-state index in [-0.39, 0.29) is 29.2 Å². The summed E-state index contributed by atoms with van der Waals surface area (Å²) >= 11 is 0. The molecule has 0 saturated heterocycles. The van der Waals surface area contributed by atoms with Gasteiger partial charge in [-0.15, -0.1) is 0 Å². The molecule has 2 N–H and O–H groups in total. The van der Waals surface area contributed by atoms with Gasteiger partial charge in [0.1, 0.15) is 12.5 Å². The highest BCUT2D eigenvalue weighted by molar-refractivity contribution is 7.48. The van der Waals surface area contributed by atoms with E-state index in [0.717, 1.165) is 25.3 Å². The van der Waals surface area contributed by atoms with Crippen molar-refractivity contribution in [2.45, 2.75) is 19.4 Å². The largest absolute Gasteiger partial charge is 0.493 e. The quantitative estimate of drug-likeness (QED) is 0.278. The predicted molar refractivity (Wildman–Crippen MR) is 149 cm³/mol. The molecular formula is C25H30FN6O9P. The molecular weight excluding hydrogens is 578 g/mol. The molecule has 226 valence electrons. The lowest BCUT2D eigenvalue weighted by Gasteiger charge is -2.37. The van der Waals surface area contributed by atoms with Crippen LogP contribution in [0.3, 0.4) is 0 Å². The Labute approximate surface area is 240 Å². The van der Waals surface area contributed by atoms with E-state index in [1.165, 1.54) is 33.5 Å². The molecule has 15 nitrogen and oxygen atoms in total. The van der Waals surface area contributed by atoms with Crippen molar-refractivity contribution >= 4 is 42.8 Å². The lowest BCUT2D eigenvalue weighted by Crippen LogP contribution is -2.53. The van der Waals surface area contributed by atoms with Gasteiger partial charge in [0, 0.05) is 32.0 Å². The number of hydrogen-bond donors (Lipinski definition) is 2. The summed E-state index contributed by atoms with van der Waals surface area (Å²) in [6.07, 6.45) is 0.969. The first-order valence-electron chi connectivity index (χ1n) is 12.2. The minimum absolute atomic E-state index is 0.0216. The maximum atomic E-state index is 14.8. The van der Waals surface area contributed by atoms with Gasteiger partial charge in [0.15, 0.2) is 40.3 Å². The highest BCUT2D eigenvalue weighted by atomic mass is 31.2. The number of benzene rings is 1. The second kappa shape index (κ2) is 12.3. The van der Waals surface area contributed by atoms with Gasteiger partial charge in [-0.3, -0.25) is 23.3 Å². The fourth-order valence-electron chi connectivity index (χ4n) is 3.86. The van der Waals surface area contributed by atoms with Crippen LogP contribution in [0.4, 0.5) is 33.5 Å². The van der Waals surface area contributed by atoms with Crippen LogP contribution < -0.4 is 34.5 Å². The van der Waals surface area contributed by atoms with Crippen molar-refractivity contribution in [2.24, 2.45) is 0 Å². The Hall–Kier alpha value is -4.24. The smallest absolute Gasteiger partial charge is 0.475 e. The highest BCUT2D eigenvalue weighted by Crippen LogP contribution is 2.48. The van der Waals surface area contributed by atoms with Crippen LogP contribution in [-0.4, -0.2) is 68.7 Å². The van der Waals surface area contributed by atoms with Crippen LogP contribution in [0.5, 0.6) is 23.0 Å². The second-order valence-corrected chi connectivity index (χ2v) is 10.9. The number of amides is 1. The maximum Gasteiger partial charge on any atom is 0.475 e. The van der Waals surface area contributed by atoms with Gasteiger partial charge >= 0.3 is 7.82 Å². The summed E-state index contributed by atoms with van der Waals surface area (Å²) < 4.78 is 63.9. The fourth-order valence-corrected chi connectivity index (χ4v) is 4.48. The summed E-state index contributed by atoms with van der Waals surface area (Å²) in [7, 11) is 2.80. The number of rotatable bonds is 12. The Morgan fingerprint density at radius 1 is 1.00 bits per heavy atom. The third-order valence-corrected chi connectivity index (χ3v) is 7.25. The van der Waals surface area contributed by atoms with Crippen LogP contribution in [0.25, 0.3) is 0 Å². The zero-order valence-electron chi connectivity index (χ0n) is 23.9. The number of methoxy groups -OCH3 is 3. The number of nitrogens with one attached hydrogen (secondary N) is 2.